The third-order valence-corrected chi connectivity index (χ3v) is 3.60. The molecule has 0 saturated carbocycles. The first kappa shape index (κ1) is 18.7. The zero-order valence-corrected chi connectivity index (χ0v) is 13.8. The van der Waals surface area contributed by atoms with Crippen LogP contribution in [0.3, 0.4) is 0 Å². The topological polar surface area (TPSA) is 30.5 Å². The summed E-state index contributed by atoms with van der Waals surface area (Å²) in [5.41, 5.74) is 1.26. The van der Waals surface area contributed by atoms with E-state index >= 15 is 0 Å². The number of rotatable bonds is 4. The number of ether oxygens (including phenoxy) is 2. The molecule has 0 aromatic heterocycles. The average molecular weight is 380 g/mol. The summed E-state index contributed by atoms with van der Waals surface area (Å²) in [5, 5.41) is 3.49. The monoisotopic (exact) mass is 379 g/mol. The fourth-order valence-corrected chi connectivity index (χ4v) is 2.37. The summed E-state index contributed by atoms with van der Waals surface area (Å²) >= 11 is 5.92. The number of hydrogen-bond donors (Lipinski definition) is 1. The Hall–Kier alpha value is -1.63. The van der Waals surface area contributed by atoms with Gasteiger partial charge in [-0.1, -0.05) is 29.8 Å². The maximum absolute atomic E-state index is 12.6. The van der Waals surface area contributed by atoms with E-state index in [1.165, 1.54) is 12.1 Å². The second-order valence-corrected chi connectivity index (χ2v) is 5.55. The molecule has 0 amide bonds. The van der Waals surface area contributed by atoms with Crippen LogP contribution in [-0.2, 0) is 0 Å². The van der Waals surface area contributed by atoms with Crippen LogP contribution in [0.2, 0.25) is 5.02 Å². The summed E-state index contributed by atoms with van der Waals surface area (Å²) in [7, 11) is 0. The normalized spacial score (nSPS) is 14.5. The first-order valence-corrected chi connectivity index (χ1v) is 7.31. The molecule has 2 aromatic carbocycles. The van der Waals surface area contributed by atoms with Gasteiger partial charge in [-0.05, 0) is 35.4 Å². The van der Waals surface area contributed by atoms with E-state index in [0.717, 1.165) is 0 Å². The molecule has 1 N–H and O–H groups in total. The van der Waals surface area contributed by atoms with Crippen molar-refractivity contribution in [2.75, 3.05) is 13.1 Å². The van der Waals surface area contributed by atoms with Crippen molar-refractivity contribution in [2.24, 2.45) is 0 Å². The fourth-order valence-electron chi connectivity index (χ4n) is 2.18. The lowest BCUT2D eigenvalue weighted by Gasteiger charge is -2.28. The van der Waals surface area contributed by atoms with Crippen LogP contribution in [0.15, 0.2) is 42.5 Å². The van der Waals surface area contributed by atoms with Crippen molar-refractivity contribution in [3.8, 4) is 22.6 Å². The van der Waals surface area contributed by atoms with Crippen molar-refractivity contribution in [1.29, 1.82) is 0 Å². The van der Waals surface area contributed by atoms with Crippen molar-refractivity contribution in [3.63, 3.8) is 0 Å². The van der Waals surface area contributed by atoms with Gasteiger partial charge in [0.2, 0.25) is 0 Å². The molecule has 1 fully saturated rings. The summed E-state index contributed by atoms with van der Waals surface area (Å²) in [6.07, 6.45) is -4.94. The van der Waals surface area contributed by atoms with Gasteiger partial charge in [-0.15, -0.1) is 25.6 Å². The first-order chi connectivity index (χ1) is 10.9. The van der Waals surface area contributed by atoms with Gasteiger partial charge in [-0.3, -0.25) is 0 Å². The summed E-state index contributed by atoms with van der Waals surface area (Å²) in [4.78, 5) is 0. The van der Waals surface area contributed by atoms with Gasteiger partial charge in [0.25, 0.3) is 0 Å². The number of alkyl halides is 3. The molecular weight excluding hydrogens is 366 g/mol. The van der Waals surface area contributed by atoms with E-state index in [0.29, 0.717) is 29.2 Å². The van der Waals surface area contributed by atoms with E-state index in [9.17, 15) is 13.2 Å². The van der Waals surface area contributed by atoms with Gasteiger partial charge < -0.3 is 14.8 Å². The molecule has 3 rings (SSSR count). The van der Waals surface area contributed by atoms with Crippen LogP contribution >= 0.6 is 24.0 Å². The molecule has 0 aliphatic carbocycles. The highest BCUT2D eigenvalue weighted by Crippen LogP contribution is 2.37. The molecule has 130 valence electrons. The van der Waals surface area contributed by atoms with E-state index < -0.39 is 6.36 Å². The van der Waals surface area contributed by atoms with Crippen LogP contribution in [0, 0.1) is 0 Å². The molecule has 1 saturated heterocycles. The molecule has 3 nitrogen and oxygen atoms in total. The average Bonchev–Trinajstić information content (AvgIpc) is 2.42. The van der Waals surface area contributed by atoms with E-state index in [1.54, 1.807) is 30.3 Å². The SMILES string of the molecule is Cl.FC(F)(F)Oc1cc(-c2cccc(Cl)c2)ccc1OC1CNC1. The molecule has 8 heteroatoms. The van der Waals surface area contributed by atoms with E-state index in [-0.39, 0.29) is 30.0 Å². The molecule has 0 unspecified atom stereocenters. The van der Waals surface area contributed by atoms with Crippen molar-refractivity contribution < 1.29 is 22.6 Å². The Morgan fingerprint density at radius 1 is 1.00 bits per heavy atom. The molecule has 0 atom stereocenters. The van der Waals surface area contributed by atoms with Gasteiger partial charge in [0.1, 0.15) is 6.10 Å². The largest absolute Gasteiger partial charge is 0.573 e. The van der Waals surface area contributed by atoms with Crippen LogP contribution in [0.1, 0.15) is 0 Å². The Kier molecular flexibility index (Phi) is 5.85. The van der Waals surface area contributed by atoms with Crippen molar-refractivity contribution in [3.05, 3.63) is 47.5 Å². The Morgan fingerprint density at radius 3 is 2.29 bits per heavy atom. The first-order valence-electron chi connectivity index (χ1n) is 6.94. The predicted molar refractivity (Wildman–Crippen MR) is 88.1 cm³/mol. The Morgan fingerprint density at radius 2 is 1.71 bits per heavy atom. The standard InChI is InChI=1S/C16H13ClF3NO2.ClH/c17-12-3-1-2-10(6-12)11-4-5-14(22-13-8-21-9-13)15(7-11)23-16(18,19)20;/h1-7,13,21H,8-9H2;1H. The molecule has 1 heterocycles. The van der Waals surface area contributed by atoms with E-state index in [1.807, 2.05) is 0 Å². The van der Waals surface area contributed by atoms with Crippen LogP contribution in [-0.4, -0.2) is 25.6 Å². The minimum absolute atomic E-state index is 0. The number of hydrogen-bond acceptors (Lipinski definition) is 3. The van der Waals surface area contributed by atoms with Gasteiger partial charge in [-0.2, -0.15) is 0 Å². The van der Waals surface area contributed by atoms with Crippen LogP contribution < -0.4 is 14.8 Å². The van der Waals surface area contributed by atoms with Gasteiger partial charge >= 0.3 is 6.36 Å². The fraction of sp³-hybridized carbons (Fsp3) is 0.250. The highest BCUT2D eigenvalue weighted by molar-refractivity contribution is 6.30. The third kappa shape index (κ3) is 4.69. The predicted octanol–water partition coefficient (Wildman–Crippen LogP) is 4.68. The van der Waals surface area contributed by atoms with Crippen molar-refractivity contribution in [1.82, 2.24) is 5.32 Å². The van der Waals surface area contributed by atoms with Crippen LogP contribution in [0.4, 0.5) is 13.2 Å². The lowest BCUT2D eigenvalue weighted by Crippen LogP contribution is -2.50. The number of nitrogens with one attached hydrogen (secondary N) is 1. The van der Waals surface area contributed by atoms with Gasteiger partial charge in [0.15, 0.2) is 11.5 Å². The van der Waals surface area contributed by atoms with Crippen LogP contribution in [0.25, 0.3) is 11.1 Å². The van der Waals surface area contributed by atoms with Gasteiger partial charge in [0, 0.05) is 18.1 Å². The number of benzene rings is 2. The Labute approximate surface area is 148 Å². The lowest BCUT2D eigenvalue weighted by molar-refractivity contribution is -0.275. The van der Waals surface area contributed by atoms with E-state index in [4.69, 9.17) is 16.3 Å². The van der Waals surface area contributed by atoms with Crippen molar-refractivity contribution in [2.45, 2.75) is 12.5 Å². The molecule has 24 heavy (non-hydrogen) atoms. The second-order valence-electron chi connectivity index (χ2n) is 5.12. The molecule has 2 aromatic rings. The summed E-state index contributed by atoms with van der Waals surface area (Å²) in [6.45, 7) is 1.20. The van der Waals surface area contributed by atoms with Gasteiger partial charge in [0.05, 0.1) is 0 Å². The van der Waals surface area contributed by atoms with Crippen molar-refractivity contribution >= 4 is 24.0 Å². The highest BCUT2D eigenvalue weighted by atomic mass is 35.5. The minimum atomic E-state index is -4.79. The maximum atomic E-state index is 12.6. The quantitative estimate of drug-likeness (QED) is 0.836. The molecular formula is C16H14Cl2F3NO2. The number of halogens is 5. The third-order valence-electron chi connectivity index (χ3n) is 3.36. The van der Waals surface area contributed by atoms with E-state index in [2.05, 4.69) is 10.1 Å². The smallest absolute Gasteiger partial charge is 0.484 e. The van der Waals surface area contributed by atoms with Crippen LogP contribution in [0.5, 0.6) is 11.5 Å². The summed E-state index contributed by atoms with van der Waals surface area (Å²) in [6, 6.07) is 11.3. The minimum Gasteiger partial charge on any atom is -0.484 e. The molecule has 0 bridgehead atoms. The molecule has 1 aliphatic heterocycles. The molecule has 1 aliphatic rings. The maximum Gasteiger partial charge on any atom is 0.573 e. The zero-order valence-electron chi connectivity index (χ0n) is 12.3. The molecule has 0 radical (unpaired) electrons. The second kappa shape index (κ2) is 7.51. The highest BCUT2D eigenvalue weighted by Gasteiger charge is 2.33. The summed E-state index contributed by atoms with van der Waals surface area (Å²) < 4.78 is 47.6. The Bertz CT molecular complexity index is 706. The Balaban J connectivity index is 0.00000208. The lowest BCUT2D eigenvalue weighted by atomic mass is 10.1. The molecule has 0 spiro atoms. The summed E-state index contributed by atoms with van der Waals surface area (Å²) in [5.74, 6) is -0.290. The van der Waals surface area contributed by atoms with Gasteiger partial charge in [-0.25, -0.2) is 0 Å². The zero-order chi connectivity index (χ0) is 16.4.